The van der Waals surface area contributed by atoms with Gasteiger partial charge >= 0.3 is 0 Å². The largest absolute Gasteiger partial charge is 0.496 e. The number of methoxy groups -OCH3 is 1. The maximum Gasteiger partial charge on any atom is 0.218 e. The highest BCUT2D eigenvalue weighted by Crippen LogP contribution is 2.33. The molecule has 0 fully saturated rings. The fourth-order valence-corrected chi connectivity index (χ4v) is 2.03. The summed E-state index contributed by atoms with van der Waals surface area (Å²) in [5, 5.41) is 6.18. The van der Waals surface area contributed by atoms with Crippen molar-refractivity contribution in [2.24, 2.45) is 5.10 Å². The molecule has 1 aliphatic rings. The van der Waals surface area contributed by atoms with Crippen molar-refractivity contribution in [3.8, 4) is 5.75 Å². The average molecular weight is 246 g/mol. The van der Waals surface area contributed by atoms with Crippen LogP contribution < -0.4 is 9.75 Å². The molecule has 0 bridgehead atoms. The zero-order valence-electron chi connectivity index (χ0n) is 11.4. The third-order valence-electron chi connectivity index (χ3n) is 2.89. The zero-order valence-corrected chi connectivity index (χ0v) is 11.4. The Kier molecular flexibility index (Phi) is 3.28. The van der Waals surface area contributed by atoms with Gasteiger partial charge in [-0.25, -0.2) is 0 Å². The van der Waals surface area contributed by atoms with Crippen LogP contribution in [0, 0.1) is 13.8 Å². The van der Waals surface area contributed by atoms with Crippen LogP contribution in [0.2, 0.25) is 0 Å². The summed E-state index contributed by atoms with van der Waals surface area (Å²) in [6, 6.07) is 4.07. The Morgan fingerprint density at radius 3 is 2.56 bits per heavy atom. The molecule has 0 aromatic heterocycles. The molecule has 0 saturated heterocycles. The first-order valence-electron chi connectivity index (χ1n) is 5.91. The molecule has 96 valence electrons. The van der Waals surface area contributed by atoms with Gasteiger partial charge in [0.15, 0.2) is 0 Å². The third-order valence-corrected chi connectivity index (χ3v) is 2.89. The number of anilines is 1. The Balaban J connectivity index is 2.51. The highest BCUT2D eigenvalue weighted by molar-refractivity contribution is 5.80. The van der Waals surface area contributed by atoms with Crippen LogP contribution in [0.3, 0.4) is 0 Å². The molecular formula is C14H18N2O2. The number of benzene rings is 1. The molecule has 1 aromatic rings. The lowest BCUT2D eigenvalue weighted by atomic mass is 10.1. The van der Waals surface area contributed by atoms with Crippen LogP contribution in [0.1, 0.15) is 25.0 Å². The minimum absolute atomic E-state index is 0.641. The number of hydrogen-bond acceptors (Lipinski definition) is 4. The SMILES string of the molecule is C/C=C1/OC(C)=NN1c1cc(OC)c(C)cc1C. The van der Waals surface area contributed by atoms with Crippen molar-refractivity contribution >= 4 is 11.6 Å². The van der Waals surface area contributed by atoms with Crippen molar-refractivity contribution in [3.05, 3.63) is 35.2 Å². The Morgan fingerprint density at radius 1 is 1.22 bits per heavy atom. The van der Waals surface area contributed by atoms with Crippen LogP contribution >= 0.6 is 0 Å². The minimum Gasteiger partial charge on any atom is -0.496 e. The molecule has 0 radical (unpaired) electrons. The van der Waals surface area contributed by atoms with E-state index in [-0.39, 0.29) is 0 Å². The van der Waals surface area contributed by atoms with E-state index >= 15 is 0 Å². The van der Waals surface area contributed by atoms with Crippen LogP contribution in [0.25, 0.3) is 0 Å². The van der Waals surface area contributed by atoms with Crippen LogP contribution in [0.4, 0.5) is 5.69 Å². The first-order chi connectivity index (χ1) is 8.56. The number of hydrazone groups is 1. The summed E-state index contributed by atoms with van der Waals surface area (Å²) >= 11 is 0. The van der Waals surface area contributed by atoms with Crippen LogP contribution in [-0.4, -0.2) is 13.0 Å². The highest BCUT2D eigenvalue weighted by Gasteiger charge is 2.22. The van der Waals surface area contributed by atoms with Crippen LogP contribution in [0.5, 0.6) is 5.75 Å². The van der Waals surface area contributed by atoms with Crippen molar-refractivity contribution in [1.29, 1.82) is 0 Å². The summed E-state index contributed by atoms with van der Waals surface area (Å²) in [7, 11) is 1.67. The molecule has 0 unspecified atom stereocenters. The molecule has 0 spiro atoms. The summed E-state index contributed by atoms with van der Waals surface area (Å²) < 4.78 is 10.9. The molecule has 0 atom stereocenters. The number of rotatable bonds is 2. The van der Waals surface area contributed by atoms with E-state index in [0.29, 0.717) is 5.90 Å². The number of ether oxygens (including phenoxy) is 2. The number of allylic oxidation sites excluding steroid dienone is 1. The molecule has 4 nitrogen and oxygen atoms in total. The molecule has 1 aromatic carbocycles. The fourth-order valence-electron chi connectivity index (χ4n) is 2.03. The molecule has 2 rings (SSSR count). The van der Waals surface area contributed by atoms with Crippen LogP contribution in [0.15, 0.2) is 29.2 Å². The Hall–Kier alpha value is -1.97. The lowest BCUT2D eigenvalue weighted by Gasteiger charge is -2.18. The molecule has 0 N–H and O–H groups in total. The van der Waals surface area contributed by atoms with Gasteiger partial charge in [-0.05, 0) is 38.0 Å². The summed E-state index contributed by atoms with van der Waals surface area (Å²) in [4.78, 5) is 0. The predicted molar refractivity (Wildman–Crippen MR) is 72.9 cm³/mol. The second-order valence-corrected chi connectivity index (χ2v) is 4.27. The van der Waals surface area contributed by atoms with Gasteiger partial charge in [0.05, 0.1) is 12.8 Å². The van der Waals surface area contributed by atoms with Gasteiger partial charge in [-0.15, -0.1) is 5.10 Å². The highest BCUT2D eigenvalue weighted by atomic mass is 16.5. The van der Waals surface area contributed by atoms with Gasteiger partial charge < -0.3 is 9.47 Å². The smallest absolute Gasteiger partial charge is 0.218 e. The van der Waals surface area contributed by atoms with E-state index < -0.39 is 0 Å². The van der Waals surface area contributed by atoms with E-state index in [1.54, 1.807) is 12.1 Å². The second-order valence-electron chi connectivity index (χ2n) is 4.27. The first kappa shape index (κ1) is 12.5. The first-order valence-corrected chi connectivity index (χ1v) is 5.91. The fraction of sp³-hybridized carbons (Fsp3) is 0.357. The molecule has 18 heavy (non-hydrogen) atoms. The molecule has 1 heterocycles. The second kappa shape index (κ2) is 4.72. The van der Waals surface area contributed by atoms with Gasteiger partial charge in [0, 0.05) is 13.0 Å². The average Bonchev–Trinajstić information content (AvgIpc) is 2.70. The molecule has 4 heteroatoms. The van der Waals surface area contributed by atoms with Crippen molar-refractivity contribution in [1.82, 2.24) is 0 Å². The van der Waals surface area contributed by atoms with Crippen molar-refractivity contribution in [2.75, 3.05) is 12.1 Å². The topological polar surface area (TPSA) is 34.1 Å². The zero-order chi connectivity index (χ0) is 13.3. The normalized spacial score (nSPS) is 16.8. The van der Waals surface area contributed by atoms with Gasteiger partial charge in [0.25, 0.3) is 0 Å². The lowest BCUT2D eigenvalue weighted by molar-refractivity contribution is 0.410. The van der Waals surface area contributed by atoms with Crippen molar-refractivity contribution < 1.29 is 9.47 Å². The molecule has 1 aliphatic heterocycles. The van der Waals surface area contributed by atoms with Crippen molar-refractivity contribution in [3.63, 3.8) is 0 Å². The maximum absolute atomic E-state index is 5.53. The maximum atomic E-state index is 5.53. The summed E-state index contributed by atoms with van der Waals surface area (Å²) in [6.07, 6.45) is 1.89. The summed E-state index contributed by atoms with van der Waals surface area (Å²) in [6.45, 7) is 7.85. The Bertz CT molecular complexity index is 533. The number of hydrogen-bond donors (Lipinski definition) is 0. The van der Waals surface area contributed by atoms with E-state index in [1.165, 1.54) is 0 Å². The molecule has 0 amide bonds. The van der Waals surface area contributed by atoms with Gasteiger partial charge in [-0.1, -0.05) is 6.07 Å². The molecule has 0 saturated carbocycles. The monoisotopic (exact) mass is 246 g/mol. The van der Waals surface area contributed by atoms with E-state index in [0.717, 1.165) is 28.4 Å². The third kappa shape index (κ3) is 2.06. The number of nitrogens with zero attached hydrogens (tertiary/aromatic N) is 2. The van der Waals surface area contributed by atoms with Crippen LogP contribution in [-0.2, 0) is 4.74 Å². The molecule has 0 aliphatic carbocycles. The van der Waals surface area contributed by atoms with E-state index in [2.05, 4.69) is 18.1 Å². The van der Waals surface area contributed by atoms with Gasteiger partial charge in [-0.2, -0.15) is 5.01 Å². The van der Waals surface area contributed by atoms with Gasteiger partial charge in [0.1, 0.15) is 5.75 Å². The minimum atomic E-state index is 0.641. The van der Waals surface area contributed by atoms with E-state index in [1.807, 2.05) is 32.9 Å². The Labute approximate surface area is 108 Å². The van der Waals surface area contributed by atoms with E-state index in [9.17, 15) is 0 Å². The predicted octanol–water partition coefficient (Wildman–Crippen LogP) is 3.34. The lowest BCUT2D eigenvalue weighted by Crippen LogP contribution is -2.12. The molecular weight excluding hydrogens is 228 g/mol. The van der Waals surface area contributed by atoms with Crippen molar-refractivity contribution in [2.45, 2.75) is 27.7 Å². The standard InChI is InChI=1S/C14H18N2O2/c1-6-14-16(15-11(4)18-14)12-8-13(17-5)10(3)7-9(12)2/h6-8H,1-5H3/b14-6+. The number of aryl methyl sites for hydroxylation is 2. The summed E-state index contributed by atoms with van der Waals surface area (Å²) in [5.74, 6) is 2.22. The summed E-state index contributed by atoms with van der Waals surface area (Å²) in [5.41, 5.74) is 3.22. The van der Waals surface area contributed by atoms with E-state index in [4.69, 9.17) is 9.47 Å². The quantitative estimate of drug-likeness (QED) is 0.802. The van der Waals surface area contributed by atoms with Gasteiger partial charge in [0.2, 0.25) is 11.8 Å². The van der Waals surface area contributed by atoms with Gasteiger partial charge in [-0.3, -0.25) is 0 Å². The Morgan fingerprint density at radius 2 is 1.94 bits per heavy atom.